The van der Waals surface area contributed by atoms with Gasteiger partial charge in [-0.1, -0.05) is 18.2 Å². The second kappa shape index (κ2) is 6.05. The van der Waals surface area contributed by atoms with Crippen LogP contribution in [0.4, 0.5) is 13.2 Å². The number of halogens is 3. The first-order chi connectivity index (χ1) is 11.4. The number of nitro groups is 1. The molecule has 0 aromatic heterocycles. The number of carboxylic acid groups (broad SMARTS) is 1. The molecule has 0 bridgehead atoms. The first kappa shape index (κ1) is 18.8. The smallest absolute Gasteiger partial charge is 0.416 e. The number of alkyl halides is 3. The molecule has 9 heteroatoms. The van der Waals surface area contributed by atoms with E-state index in [-0.39, 0.29) is 5.56 Å². The van der Waals surface area contributed by atoms with Crippen LogP contribution in [0.5, 0.6) is 0 Å². The summed E-state index contributed by atoms with van der Waals surface area (Å²) < 4.78 is 40.4. The van der Waals surface area contributed by atoms with Crippen molar-refractivity contribution in [3.05, 3.63) is 57.3 Å². The first-order valence-electron chi connectivity index (χ1n) is 7.37. The van der Waals surface area contributed by atoms with Crippen molar-refractivity contribution in [2.45, 2.75) is 31.6 Å². The van der Waals surface area contributed by atoms with Crippen LogP contribution in [0.15, 0.2) is 36.0 Å². The zero-order valence-electron chi connectivity index (χ0n) is 13.7. The lowest BCUT2D eigenvalue weighted by Crippen LogP contribution is -2.60. The van der Waals surface area contributed by atoms with E-state index in [0.29, 0.717) is 5.70 Å². The maximum Gasteiger partial charge on any atom is 0.416 e. The lowest BCUT2D eigenvalue weighted by atomic mass is 9.72. The average Bonchev–Trinajstić information content (AvgIpc) is 2.50. The van der Waals surface area contributed by atoms with Gasteiger partial charge in [-0.15, -0.1) is 0 Å². The van der Waals surface area contributed by atoms with Gasteiger partial charge in [-0.25, -0.2) is 0 Å². The van der Waals surface area contributed by atoms with E-state index in [9.17, 15) is 33.2 Å². The number of allylic oxidation sites excluding steroid dienone is 1. The maximum absolute atomic E-state index is 13.5. The Kier molecular flexibility index (Phi) is 4.54. The SMILES string of the molecule is CC1=CC(C(=O)O)C([N+](=O)[O-])C(C)(c2ccccc2C(F)(F)F)N1C. The van der Waals surface area contributed by atoms with E-state index in [2.05, 4.69) is 0 Å². The monoisotopic (exact) mass is 358 g/mol. The standard InChI is InChI=1S/C16H17F3N2O4/c1-9-8-10(14(22)23)13(21(24)25)15(2,20(9)3)11-6-4-5-7-12(11)16(17,18)19/h4-8,10,13H,1-3H3,(H,22,23). The minimum absolute atomic E-state index is 0.328. The van der Waals surface area contributed by atoms with Gasteiger partial charge in [0.05, 0.1) is 5.56 Å². The molecule has 0 amide bonds. The van der Waals surface area contributed by atoms with Crippen LogP contribution >= 0.6 is 0 Å². The highest BCUT2D eigenvalue weighted by Crippen LogP contribution is 2.46. The Labute approximate surface area is 141 Å². The number of carbonyl (C=O) groups is 1. The van der Waals surface area contributed by atoms with Gasteiger partial charge in [-0.3, -0.25) is 14.9 Å². The van der Waals surface area contributed by atoms with Crippen molar-refractivity contribution < 1.29 is 28.0 Å². The predicted molar refractivity (Wildman–Crippen MR) is 82.2 cm³/mol. The normalized spacial score (nSPS) is 27.0. The third kappa shape index (κ3) is 2.94. The largest absolute Gasteiger partial charge is 0.481 e. The molecule has 0 radical (unpaired) electrons. The molecule has 1 N–H and O–H groups in total. The molecule has 6 nitrogen and oxygen atoms in total. The van der Waals surface area contributed by atoms with Gasteiger partial charge in [0.15, 0.2) is 0 Å². The quantitative estimate of drug-likeness (QED) is 0.663. The third-order valence-electron chi connectivity index (χ3n) is 4.85. The summed E-state index contributed by atoms with van der Waals surface area (Å²) in [5, 5.41) is 21.1. The molecule has 2 rings (SSSR count). The fourth-order valence-corrected chi connectivity index (χ4v) is 3.43. The van der Waals surface area contributed by atoms with Gasteiger partial charge < -0.3 is 10.0 Å². The maximum atomic E-state index is 13.5. The van der Waals surface area contributed by atoms with Gasteiger partial charge in [0.1, 0.15) is 11.5 Å². The van der Waals surface area contributed by atoms with Gasteiger partial charge in [0.2, 0.25) is 0 Å². The zero-order chi connectivity index (χ0) is 19.2. The fourth-order valence-electron chi connectivity index (χ4n) is 3.43. The van der Waals surface area contributed by atoms with Gasteiger partial charge in [0.25, 0.3) is 6.04 Å². The number of aliphatic carboxylic acids is 1. The third-order valence-corrected chi connectivity index (χ3v) is 4.85. The summed E-state index contributed by atoms with van der Waals surface area (Å²) in [7, 11) is 1.42. The van der Waals surface area contributed by atoms with Crippen LogP contribution in [0.3, 0.4) is 0 Å². The van der Waals surface area contributed by atoms with Crippen LogP contribution in [0.2, 0.25) is 0 Å². The van der Waals surface area contributed by atoms with Crippen molar-refractivity contribution >= 4 is 5.97 Å². The Bertz CT molecular complexity index is 747. The Hall–Kier alpha value is -2.58. The second-order valence-corrected chi connectivity index (χ2v) is 6.15. The van der Waals surface area contributed by atoms with Gasteiger partial charge >= 0.3 is 12.1 Å². The minimum atomic E-state index is -4.73. The van der Waals surface area contributed by atoms with Crippen LogP contribution < -0.4 is 0 Å². The highest BCUT2D eigenvalue weighted by atomic mass is 19.4. The lowest BCUT2D eigenvalue weighted by Gasteiger charge is -2.47. The molecule has 1 heterocycles. The molecule has 136 valence electrons. The highest BCUT2D eigenvalue weighted by molar-refractivity contribution is 5.74. The molecule has 3 unspecified atom stereocenters. The molecule has 0 aliphatic carbocycles. The molecule has 0 fully saturated rings. The Morgan fingerprint density at radius 3 is 2.40 bits per heavy atom. The minimum Gasteiger partial charge on any atom is -0.481 e. The fraction of sp³-hybridized carbons (Fsp3) is 0.438. The highest BCUT2D eigenvalue weighted by Gasteiger charge is 2.58. The molecule has 1 aliphatic rings. The number of hydrogen-bond donors (Lipinski definition) is 1. The van der Waals surface area contributed by atoms with Crippen LogP contribution in [0, 0.1) is 16.0 Å². The van der Waals surface area contributed by atoms with E-state index in [1.54, 1.807) is 0 Å². The molecular formula is C16H17F3N2O4. The van der Waals surface area contributed by atoms with E-state index in [0.717, 1.165) is 12.1 Å². The Morgan fingerprint density at radius 2 is 1.92 bits per heavy atom. The van der Waals surface area contributed by atoms with E-state index >= 15 is 0 Å². The second-order valence-electron chi connectivity index (χ2n) is 6.15. The number of likely N-dealkylation sites (N-methyl/N-ethyl adjacent to an activating group) is 1. The topological polar surface area (TPSA) is 83.7 Å². The number of rotatable bonds is 3. The van der Waals surface area contributed by atoms with Crippen molar-refractivity contribution in [3.63, 3.8) is 0 Å². The summed E-state index contributed by atoms with van der Waals surface area (Å²) in [6.07, 6.45) is -3.52. The van der Waals surface area contributed by atoms with Crippen LogP contribution in [0.25, 0.3) is 0 Å². The van der Waals surface area contributed by atoms with E-state index in [4.69, 9.17) is 0 Å². The molecule has 3 atom stereocenters. The van der Waals surface area contributed by atoms with Crippen molar-refractivity contribution in [2.75, 3.05) is 7.05 Å². The number of carboxylic acids is 1. The summed E-state index contributed by atoms with van der Waals surface area (Å²) in [5.74, 6) is -3.00. The summed E-state index contributed by atoms with van der Waals surface area (Å²) in [6, 6.07) is 2.76. The molecule has 0 spiro atoms. The zero-order valence-corrected chi connectivity index (χ0v) is 13.7. The van der Waals surface area contributed by atoms with Crippen LogP contribution in [-0.4, -0.2) is 34.0 Å². The molecule has 1 aromatic carbocycles. The van der Waals surface area contributed by atoms with Crippen molar-refractivity contribution in [3.8, 4) is 0 Å². The molecule has 25 heavy (non-hydrogen) atoms. The molecule has 0 saturated carbocycles. The van der Waals surface area contributed by atoms with Gasteiger partial charge in [-0.2, -0.15) is 13.2 Å². The summed E-state index contributed by atoms with van der Waals surface area (Å²) in [4.78, 5) is 23.7. The van der Waals surface area contributed by atoms with Gasteiger partial charge in [-0.05, 0) is 31.6 Å². The van der Waals surface area contributed by atoms with Crippen molar-refractivity contribution in [2.24, 2.45) is 5.92 Å². The molecule has 1 aromatic rings. The molecular weight excluding hydrogens is 341 g/mol. The van der Waals surface area contributed by atoms with Crippen LogP contribution in [-0.2, 0) is 16.5 Å². The Morgan fingerprint density at radius 1 is 1.36 bits per heavy atom. The number of hydrogen-bond acceptors (Lipinski definition) is 4. The summed E-state index contributed by atoms with van der Waals surface area (Å²) in [5.41, 5.74) is -2.79. The van der Waals surface area contributed by atoms with E-state index in [1.807, 2.05) is 0 Å². The molecule has 0 saturated heterocycles. The van der Waals surface area contributed by atoms with E-state index in [1.165, 1.54) is 44.0 Å². The van der Waals surface area contributed by atoms with Crippen molar-refractivity contribution in [1.29, 1.82) is 0 Å². The van der Waals surface area contributed by atoms with Crippen LogP contribution in [0.1, 0.15) is 25.0 Å². The summed E-state index contributed by atoms with van der Waals surface area (Å²) in [6.45, 7) is 2.79. The molecule has 1 aliphatic heterocycles. The first-order valence-corrected chi connectivity index (χ1v) is 7.37. The van der Waals surface area contributed by atoms with Gasteiger partial charge in [0, 0.05) is 17.7 Å². The average molecular weight is 358 g/mol. The number of nitrogens with zero attached hydrogens (tertiary/aromatic N) is 2. The van der Waals surface area contributed by atoms with Crippen molar-refractivity contribution in [1.82, 2.24) is 4.90 Å². The Balaban J connectivity index is 2.82. The predicted octanol–water partition coefficient (Wildman–Crippen LogP) is 3.12. The summed E-state index contributed by atoms with van der Waals surface area (Å²) >= 11 is 0. The van der Waals surface area contributed by atoms with E-state index < -0.39 is 40.1 Å². The number of benzene rings is 1. The lowest BCUT2D eigenvalue weighted by molar-refractivity contribution is -0.547.